The Balaban J connectivity index is 2.99. The van der Waals surface area contributed by atoms with Gasteiger partial charge in [-0.2, -0.15) is 0 Å². The van der Waals surface area contributed by atoms with Gasteiger partial charge in [0.2, 0.25) is 0 Å². The molecule has 0 heterocycles. The number of nitrogens with two attached hydrogens (primary N) is 1. The molecule has 0 bridgehead atoms. The van der Waals surface area contributed by atoms with Gasteiger partial charge < -0.3 is 10.2 Å². The van der Waals surface area contributed by atoms with Gasteiger partial charge in [-0.25, -0.2) is 5.90 Å². The summed E-state index contributed by atoms with van der Waals surface area (Å²) in [4.78, 5) is 4.50. The maximum atomic E-state index is 4.93. The van der Waals surface area contributed by atoms with Crippen molar-refractivity contribution in [2.75, 3.05) is 19.7 Å². The average Bonchev–Trinajstić information content (AvgIpc) is 2.14. The molecule has 0 fully saturated rings. The molecule has 0 aliphatic carbocycles. The standard InChI is InChI=1S/C12H28N2O/c1-12(2,3)8-4-5-9-14-10-6-7-11-15-13/h14H,4-11,13H2,1-3H3. The van der Waals surface area contributed by atoms with Crippen LogP contribution in [-0.2, 0) is 4.84 Å². The fraction of sp³-hybridized carbons (Fsp3) is 1.00. The van der Waals surface area contributed by atoms with Crippen molar-refractivity contribution in [3.8, 4) is 0 Å². The Kier molecular flexibility index (Phi) is 9.06. The van der Waals surface area contributed by atoms with Crippen molar-refractivity contribution in [3.05, 3.63) is 0 Å². The van der Waals surface area contributed by atoms with Gasteiger partial charge in [0.05, 0.1) is 6.61 Å². The third-order valence-electron chi connectivity index (χ3n) is 2.40. The van der Waals surface area contributed by atoms with E-state index in [1.165, 1.54) is 19.3 Å². The number of hydrogen-bond donors (Lipinski definition) is 2. The van der Waals surface area contributed by atoms with Crippen LogP contribution in [0, 0.1) is 5.41 Å². The molecule has 0 aliphatic heterocycles. The number of nitrogens with one attached hydrogen (secondary N) is 1. The topological polar surface area (TPSA) is 47.3 Å². The highest BCUT2D eigenvalue weighted by Crippen LogP contribution is 2.20. The van der Waals surface area contributed by atoms with Crippen LogP contribution in [0.1, 0.15) is 52.9 Å². The van der Waals surface area contributed by atoms with E-state index in [-0.39, 0.29) is 0 Å². The Bertz CT molecular complexity index is 132. The SMILES string of the molecule is CC(C)(C)CCCCNCCCCON. The summed E-state index contributed by atoms with van der Waals surface area (Å²) in [7, 11) is 0. The van der Waals surface area contributed by atoms with Gasteiger partial charge in [-0.1, -0.05) is 27.2 Å². The smallest absolute Gasteiger partial charge is 0.0679 e. The maximum Gasteiger partial charge on any atom is 0.0679 e. The predicted octanol–water partition coefficient (Wildman–Crippen LogP) is 2.46. The summed E-state index contributed by atoms with van der Waals surface area (Å²) in [6.45, 7) is 9.79. The van der Waals surface area contributed by atoms with Crippen LogP contribution in [0.4, 0.5) is 0 Å². The highest BCUT2D eigenvalue weighted by atomic mass is 16.6. The van der Waals surface area contributed by atoms with E-state index in [2.05, 4.69) is 30.9 Å². The van der Waals surface area contributed by atoms with Crippen molar-refractivity contribution in [3.63, 3.8) is 0 Å². The zero-order valence-electron chi connectivity index (χ0n) is 10.6. The third kappa shape index (κ3) is 13.9. The highest BCUT2D eigenvalue weighted by Gasteiger charge is 2.08. The van der Waals surface area contributed by atoms with E-state index in [9.17, 15) is 0 Å². The van der Waals surface area contributed by atoms with Gasteiger partial charge in [0, 0.05) is 0 Å². The molecule has 0 atom stereocenters. The molecular weight excluding hydrogens is 188 g/mol. The van der Waals surface area contributed by atoms with E-state index >= 15 is 0 Å². The van der Waals surface area contributed by atoms with Gasteiger partial charge in [-0.3, -0.25) is 0 Å². The molecule has 0 aliphatic rings. The third-order valence-corrected chi connectivity index (χ3v) is 2.40. The summed E-state index contributed by atoms with van der Waals surface area (Å²) >= 11 is 0. The number of unbranched alkanes of at least 4 members (excludes halogenated alkanes) is 2. The maximum absolute atomic E-state index is 4.93. The molecule has 0 radical (unpaired) electrons. The molecule has 3 heteroatoms. The highest BCUT2D eigenvalue weighted by molar-refractivity contribution is 4.61. The Hall–Kier alpha value is -0.120. The van der Waals surface area contributed by atoms with Crippen LogP contribution in [0.2, 0.25) is 0 Å². The van der Waals surface area contributed by atoms with Gasteiger partial charge in [-0.05, 0) is 44.2 Å². The van der Waals surface area contributed by atoms with Crippen molar-refractivity contribution in [2.24, 2.45) is 11.3 Å². The first-order chi connectivity index (χ1) is 7.06. The zero-order chi connectivity index (χ0) is 11.6. The van der Waals surface area contributed by atoms with Crippen molar-refractivity contribution in [2.45, 2.75) is 52.9 Å². The molecular formula is C12H28N2O. The van der Waals surface area contributed by atoms with Crippen molar-refractivity contribution >= 4 is 0 Å². The summed E-state index contributed by atoms with van der Waals surface area (Å²) in [5, 5.41) is 3.43. The molecule has 0 aromatic carbocycles. The Morgan fingerprint density at radius 2 is 1.60 bits per heavy atom. The first-order valence-corrected chi connectivity index (χ1v) is 6.09. The van der Waals surface area contributed by atoms with Crippen molar-refractivity contribution < 1.29 is 4.84 Å². The summed E-state index contributed by atoms with van der Waals surface area (Å²) in [5.74, 6) is 4.93. The lowest BCUT2D eigenvalue weighted by Gasteiger charge is -2.17. The zero-order valence-corrected chi connectivity index (χ0v) is 10.6. The minimum Gasteiger partial charge on any atom is -0.317 e. The molecule has 0 aromatic heterocycles. The summed E-state index contributed by atoms with van der Waals surface area (Å²) in [6, 6.07) is 0. The molecule has 0 spiro atoms. The molecule has 92 valence electrons. The lowest BCUT2D eigenvalue weighted by Crippen LogP contribution is -2.18. The van der Waals surface area contributed by atoms with E-state index in [1.807, 2.05) is 0 Å². The molecule has 15 heavy (non-hydrogen) atoms. The predicted molar refractivity (Wildman–Crippen MR) is 65.5 cm³/mol. The summed E-state index contributed by atoms with van der Waals surface area (Å²) in [6.07, 6.45) is 6.12. The minimum absolute atomic E-state index is 0.485. The van der Waals surface area contributed by atoms with E-state index in [0.29, 0.717) is 12.0 Å². The first kappa shape index (κ1) is 14.9. The van der Waals surface area contributed by atoms with E-state index in [4.69, 9.17) is 5.90 Å². The van der Waals surface area contributed by atoms with Gasteiger partial charge in [0.25, 0.3) is 0 Å². The van der Waals surface area contributed by atoms with Gasteiger partial charge in [0.1, 0.15) is 0 Å². The van der Waals surface area contributed by atoms with Gasteiger partial charge in [-0.15, -0.1) is 0 Å². The van der Waals surface area contributed by atoms with Crippen LogP contribution in [0.15, 0.2) is 0 Å². The fourth-order valence-electron chi connectivity index (χ4n) is 1.47. The first-order valence-electron chi connectivity index (χ1n) is 6.09. The van der Waals surface area contributed by atoms with E-state index in [1.54, 1.807) is 0 Å². The van der Waals surface area contributed by atoms with Crippen LogP contribution in [-0.4, -0.2) is 19.7 Å². The summed E-state index contributed by atoms with van der Waals surface area (Å²) in [5.41, 5.74) is 0.485. The molecule has 3 N–H and O–H groups in total. The molecule has 0 amide bonds. The summed E-state index contributed by atoms with van der Waals surface area (Å²) < 4.78 is 0. The Morgan fingerprint density at radius 3 is 2.13 bits per heavy atom. The molecule has 0 aromatic rings. The van der Waals surface area contributed by atoms with Crippen LogP contribution in [0.25, 0.3) is 0 Å². The second-order valence-electron chi connectivity index (χ2n) is 5.35. The quantitative estimate of drug-likeness (QED) is 0.460. The number of hydrogen-bond acceptors (Lipinski definition) is 3. The minimum atomic E-state index is 0.485. The van der Waals surface area contributed by atoms with Gasteiger partial charge in [0.15, 0.2) is 0 Å². The molecule has 3 nitrogen and oxygen atoms in total. The van der Waals surface area contributed by atoms with Crippen molar-refractivity contribution in [1.82, 2.24) is 5.32 Å². The Labute approximate surface area is 94.7 Å². The van der Waals surface area contributed by atoms with Crippen LogP contribution in [0.5, 0.6) is 0 Å². The fourth-order valence-corrected chi connectivity index (χ4v) is 1.47. The van der Waals surface area contributed by atoms with Crippen LogP contribution < -0.4 is 11.2 Å². The monoisotopic (exact) mass is 216 g/mol. The van der Waals surface area contributed by atoms with E-state index < -0.39 is 0 Å². The molecule has 0 saturated carbocycles. The molecule has 0 rings (SSSR count). The van der Waals surface area contributed by atoms with Crippen LogP contribution >= 0.6 is 0 Å². The molecule has 0 unspecified atom stereocenters. The molecule has 0 saturated heterocycles. The van der Waals surface area contributed by atoms with Crippen molar-refractivity contribution in [1.29, 1.82) is 0 Å². The Morgan fingerprint density at radius 1 is 1.00 bits per heavy atom. The second kappa shape index (κ2) is 9.13. The van der Waals surface area contributed by atoms with Crippen LogP contribution in [0.3, 0.4) is 0 Å². The van der Waals surface area contributed by atoms with Gasteiger partial charge >= 0.3 is 0 Å². The lowest BCUT2D eigenvalue weighted by atomic mass is 9.90. The average molecular weight is 216 g/mol. The number of rotatable bonds is 9. The normalized spacial score (nSPS) is 12.0. The largest absolute Gasteiger partial charge is 0.317 e. The van der Waals surface area contributed by atoms with E-state index in [0.717, 1.165) is 25.9 Å². The lowest BCUT2D eigenvalue weighted by molar-refractivity contribution is 0.134. The second-order valence-corrected chi connectivity index (χ2v) is 5.35.